The van der Waals surface area contributed by atoms with Gasteiger partial charge < -0.3 is 10.5 Å². The molecule has 0 spiro atoms. The molecule has 0 amide bonds. The van der Waals surface area contributed by atoms with E-state index < -0.39 is 10.0 Å². The van der Waals surface area contributed by atoms with Gasteiger partial charge in [0.15, 0.2) is 0 Å². The van der Waals surface area contributed by atoms with Crippen LogP contribution in [0, 0.1) is 5.92 Å². The second-order valence-electron chi connectivity index (χ2n) is 5.77. The number of hydrogen-bond donors (Lipinski definition) is 2. The summed E-state index contributed by atoms with van der Waals surface area (Å²) < 4.78 is 32.5. The summed E-state index contributed by atoms with van der Waals surface area (Å²) in [7, 11) is -3.28. The third kappa shape index (κ3) is 5.48. The topological polar surface area (TPSA) is 81.4 Å². The minimum atomic E-state index is -3.28. The maximum atomic E-state index is 12.2. The number of ether oxygens (including phenoxy) is 1. The molecule has 1 heterocycles. The third-order valence-corrected chi connectivity index (χ3v) is 5.71. The fourth-order valence-corrected chi connectivity index (χ4v) is 4.77. The minimum Gasteiger partial charge on any atom is -0.377 e. The summed E-state index contributed by atoms with van der Waals surface area (Å²) in [6.07, 6.45) is 7.48. The van der Waals surface area contributed by atoms with Crippen LogP contribution < -0.4 is 10.5 Å². The second kappa shape index (κ2) is 8.54. The van der Waals surface area contributed by atoms with Crippen LogP contribution in [0.5, 0.6) is 0 Å². The molecular weight excluding hydrogens is 300 g/mol. The molecule has 120 valence electrons. The molecule has 1 aliphatic heterocycles. The Morgan fingerprint density at radius 2 is 1.85 bits per heavy atom. The van der Waals surface area contributed by atoms with Gasteiger partial charge in [0.2, 0.25) is 10.0 Å². The van der Waals surface area contributed by atoms with E-state index in [4.69, 9.17) is 10.5 Å². The fourth-order valence-electron chi connectivity index (χ4n) is 3.17. The first-order valence-electron chi connectivity index (χ1n) is 7.42. The highest BCUT2D eigenvalue weighted by molar-refractivity contribution is 7.89. The lowest BCUT2D eigenvalue weighted by molar-refractivity contribution is 0.127. The van der Waals surface area contributed by atoms with Crippen molar-refractivity contribution >= 4 is 22.4 Å². The molecule has 2 unspecified atom stereocenters. The number of halogens is 1. The van der Waals surface area contributed by atoms with Gasteiger partial charge in [-0.3, -0.25) is 0 Å². The van der Waals surface area contributed by atoms with Gasteiger partial charge in [0.1, 0.15) is 0 Å². The van der Waals surface area contributed by atoms with E-state index in [1.54, 1.807) is 0 Å². The Morgan fingerprint density at radius 3 is 2.40 bits per heavy atom. The van der Waals surface area contributed by atoms with E-state index >= 15 is 0 Å². The molecule has 2 atom stereocenters. The summed E-state index contributed by atoms with van der Waals surface area (Å²) in [5.74, 6) is 0.481. The maximum absolute atomic E-state index is 12.2. The van der Waals surface area contributed by atoms with Crippen molar-refractivity contribution in [2.24, 2.45) is 11.7 Å². The lowest BCUT2D eigenvalue weighted by Crippen LogP contribution is -2.47. The zero-order chi connectivity index (χ0) is 13.7. The van der Waals surface area contributed by atoms with Gasteiger partial charge in [-0.1, -0.05) is 19.3 Å². The lowest BCUT2D eigenvalue weighted by atomic mass is 9.84. The Hall–Kier alpha value is 0.120. The van der Waals surface area contributed by atoms with Crippen molar-refractivity contribution in [3.8, 4) is 0 Å². The summed E-state index contributed by atoms with van der Waals surface area (Å²) in [6, 6.07) is -0.105. The molecule has 0 radical (unpaired) electrons. The summed E-state index contributed by atoms with van der Waals surface area (Å²) >= 11 is 0. The molecule has 2 aliphatic rings. The molecule has 7 heteroatoms. The van der Waals surface area contributed by atoms with Crippen LogP contribution in [0.2, 0.25) is 0 Å². The Labute approximate surface area is 128 Å². The van der Waals surface area contributed by atoms with Crippen LogP contribution in [0.4, 0.5) is 0 Å². The Kier molecular flexibility index (Phi) is 7.75. The van der Waals surface area contributed by atoms with Gasteiger partial charge >= 0.3 is 0 Å². The van der Waals surface area contributed by atoms with E-state index in [1.165, 1.54) is 19.3 Å². The Bertz CT molecular complexity index is 366. The van der Waals surface area contributed by atoms with E-state index in [9.17, 15) is 8.42 Å². The van der Waals surface area contributed by atoms with Crippen LogP contribution in [0.15, 0.2) is 0 Å². The number of nitrogens with two attached hydrogens (primary N) is 1. The highest BCUT2D eigenvalue weighted by Crippen LogP contribution is 2.26. The van der Waals surface area contributed by atoms with E-state index in [-0.39, 0.29) is 30.3 Å². The van der Waals surface area contributed by atoms with Crippen LogP contribution in [0.25, 0.3) is 0 Å². The standard InChI is InChI=1S/C13H26N2O3S.ClH/c14-9-13(11-5-2-1-3-6-11)15-19(16,17)10-12-7-4-8-18-12;/h11-13,15H,1-10,14H2;1H. The number of rotatable bonds is 6. The SMILES string of the molecule is Cl.NCC(NS(=O)(=O)CC1CCCO1)C1CCCCC1. The molecule has 0 aromatic carbocycles. The third-order valence-electron chi connectivity index (χ3n) is 4.23. The summed E-state index contributed by atoms with van der Waals surface area (Å²) in [5, 5.41) is 0. The van der Waals surface area contributed by atoms with Crippen molar-refractivity contribution in [1.29, 1.82) is 0 Å². The van der Waals surface area contributed by atoms with Crippen molar-refractivity contribution in [3.05, 3.63) is 0 Å². The summed E-state index contributed by atoms with van der Waals surface area (Å²) in [6.45, 7) is 1.07. The summed E-state index contributed by atoms with van der Waals surface area (Å²) in [4.78, 5) is 0. The quantitative estimate of drug-likeness (QED) is 0.773. The van der Waals surface area contributed by atoms with Crippen LogP contribution in [0.3, 0.4) is 0 Å². The molecule has 5 nitrogen and oxygen atoms in total. The molecule has 0 aromatic heterocycles. The predicted octanol–water partition coefficient (Wildman–Crippen LogP) is 1.41. The Morgan fingerprint density at radius 1 is 1.15 bits per heavy atom. The smallest absolute Gasteiger partial charge is 0.214 e. The molecular formula is C13H27ClN2O3S. The molecule has 20 heavy (non-hydrogen) atoms. The molecule has 0 aromatic rings. The van der Waals surface area contributed by atoms with Gasteiger partial charge in [-0.05, 0) is 31.6 Å². The molecule has 1 saturated carbocycles. The number of nitrogens with one attached hydrogen (secondary N) is 1. The molecule has 2 fully saturated rings. The van der Waals surface area contributed by atoms with Crippen molar-refractivity contribution in [3.63, 3.8) is 0 Å². The molecule has 1 saturated heterocycles. The van der Waals surface area contributed by atoms with Gasteiger partial charge in [-0.15, -0.1) is 12.4 Å². The molecule has 3 N–H and O–H groups in total. The van der Waals surface area contributed by atoms with E-state index in [0.29, 0.717) is 19.1 Å². The first kappa shape index (κ1) is 18.2. The highest BCUT2D eigenvalue weighted by atomic mass is 35.5. The summed E-state index contributed by atoms with van der Waals surface area (Å²) in [5.41, 5.74) is 5.76. The molecule has 1 aliphatic carbocycles. The lowest BCUT2D eigenvalue weighted by Gasteiger charge is -2.30. The molecule has 0 bridgehead atoms. The average molecular weight is 327 g/mol. The monoisotopic (exact) mass is 326 g/mol. The van der Waals surface area contributed by atoms with E-state index in [0.717, 1.165) is 25.7 Å². The zero-order valence-corrected chi connectivity index (χ0v) is 13.6. The Balaban J connectivity index is 0.00000200. The van der Waals surface area contributed by atoms with Gasteiger partial charge in [0, 0.05) is 19.2 Å². The van der Waals surface area contributed by atoms with Gasteiger partial charge in [0.05, 0.1) is 11.9 Å². The fraction of sp³-hybridized carbons (Fsp3) is 1.00. The van der Waals surface area contributed by atoms with Crippen LogP contribution >= 0.6 is 12.4 Å². The van der Waals surface area contributed by atoms with E-state index in [2.05, 4.69) is 4.72 Å². The van der Waals surface area contributed by atoms with Crippen molar-refractivity contribution in [1.82, 2.24) is 4.72 Å². The highest BCUT2D eigenvalue weighted by Gasteiger charge is 2.29. The van der Waals surface area contributed by atoms with Gasteiger partial charge in [-0.2, -0.15) is 0 Å². The average Bonchev–Trinajstić information content (AvgIpc) is 2.89. The largest absolute Gasteiger partial charge is 0.377 e. The van der Waals surface area contributed by atoms with Gasteiger partial charge in [0.25, 0.3) is 0 Å². The van der Waals surface area contributed by atoms with Crippen molar-refractivity contribution in [2.75, 3.05) is 18.9 Å². The van der Waals surface area contributed by atoms with E-state index in [1.807, 2.05) is 0 Å². The van der Waals surface area contributed by atoms with Crippen LogP contribution in [0.1, 0.15) is 44.9 Å². The number of sulfonamides is 1. The number of hydrogen-bond acceptors (Lipinski definition) is 4. The minimum absolute atomic E-state index is 0. The first-order chi connectivity index (χ1) is 9.11. The van der Waals surface area contributed by atoms with Gasteiger partial charge in [-0.25, -0.2) is 13.1 Å². The van der Waals surface area contributed by atoms with Crippen molar-refractivity contribution in [2.45, 2.75) is 57.1 Å². The normalized spacial score (nSPS) is 26.1. The van der Waals surface area contributed by atoms with Crippen LogP contribution in [-0.4, -0.2) is 39.5 Å². The van der Waals surface area contributed by atoms with Crippen LogP contribution in [-0.2, 0) is 14.8 Å². The predicted molar refractivity (Wildman–Crippen MR) is 82.6 cm³/mol. The second-order valence-corrected chi connectivity index (χ2v) is 7.57. The molecule has 2 rings (SSSR count). The first-order valence-corrected chi connectivity index (χ1v) is 9.07. The zero-order valence-electron chi connectivity index (χ0n) is 11.9. The maximum Gasteiger partial charge on any atom is 0.214 e. The van der Waals surface area contributed by atoms with Crippen molar-refractivity contribution < 1.29 is 13.2 Å².